The van der Waals surface area contributed by atoms with Crippen LogP contribution in [-0.2, 0) is 4.79 Å². The van der Waals surface area contributed by atoms with E-state index in [1.54, 1.807) is 0 Å². The van der Waals surface area contributed by atoms with Gasteiger partial charge in [-0.1, -0.05) is 6.07 Å². The van der Waals surface area contributed by atoms with Gasteiger partial charge in [0.2, 0.25) is 5.91 Å². The molecule has 1 N–H and O–H groups in total. The molecule has 21 heavy (non-hydrogen) atoms. The van der Waals surface area contributed by atoms with Crippen molar-refractivity contribution in [2.75, 3.05) is 0 Å². The second-order valence-corrected chi connectivity index (χ2v) is 6.56. The smallest absolute Gasteiger partial charge is 0.243 e. The van der Waals surface area contributed by atoms with Crippen LogP contribution in [0.4, 0.5) is 0 Å². The summed E-state index contributed by atoms with van der Waals surface area (Å²) in [5.74, 6) is 0.784. The molecule has 1 fully saturated rings. The van der Waals surface area contributed by atoms with Crippen molar-refractivity contribution in [1.29, 1.82) is 0 Å². The number of carbonyl (C=O) groups excluding carboxylic acids is 1. The van der Waals surface area contributed by atoms with Crippen LogP contribution in [0, 0.1) is 6.92 Å². The second kappa shape index (κ2) is 5.34. The molecule has 2 unspecified atom stereocenters. The minimum Gasteiger partial charge on any atom is -0.352 e. The Bertz CT molecular complexity index is 688. The van der Waals surface area contributed by atoms with Crippen LogP contribution in [0.15, 0.2) is 18.2 Å². The molecule has 1 aliphatic rings. The molecule has 2 aromatic rings. The number of imidazole rings is 1. The van der Waals surface area contributed by atoms with Gasteiger partial charge in [0.15, 0.2) is 0 Å². The fourth-order valence-electron chi connectivity index (χ4n) is 2.58. The summed E-state index contributed by atoms with van der Waals surface area (Å²) in [5, 5.41) is 2.81. The Balaban J connectivity index is 2.05. The van der Waals surface area contributed by atoms with E-state index in [0.29, 0.717) is 6.04 Å². The molecular formula is C16H20ClN3O. The van der Waals surface area contributed by atoms with Gasteiger partial charge in [-0.05, 0) is 51.3 Å². The average Bonchev–Trinajstić information content (AvgIpc) is 3.15. The number of fused-ring (bicyclic) bond motifs is 1. The number of benzene rings is 1. The number of aromatic nitrogens is 2. The van der Waals surface area contributed by atoms with E-state index in [4.69, 9.17) is 11.6 Å². The first kappa shape index (κ1) is 14.4. The first-order valence-corrected chi connectivity index (χ1v) is 7.84. The molecule has 3 rings (SSSR count). The molecule has 0 spiro atoms. The van der Waals surface area contributed by atoms with E-state index in [0.717, 1.165) is 35.3 Å². The molecule has 0 bridgehead atoms. The molecule has 0 aliphatic heterocycles. The molecule has 1 saturated carbocycles. The molecule has 0 radical (unpaired) electrons. The molecule has 0 saturated heterocycles. The Morgan fingerprint density at radius 1 is 1.43 bits per heavy atom. The largest absolute Gasteiger partial charge is 0.352 e. The maximum atomic E-state index is 12.4. The number of hydrogen-bond acceptors (Lipinski definition) is 2. The van der Waals surface area contributed by atoms with E-state index in [1.807, 2.05) is 43.5 Å². The van der Waals surface area contributed by atoms with Crippen LogP contribution >= 0.6 is 11.6 Å². The van der Waals surface area contributed by atoms with Gasteiger partial charge in [0, 0.05) is 6.04 Å². The zero-order valence-corrected chi connectivity index (χ0v) is 13.3. The van der Waals surface area contributed by atoms with Gasteiger partial charge in [-0.15, -0.1) is 11.6 Å². The maximum absolute atomic E-state index is 12.4. The molecule has 112 valence electrons. The van der Waals surface area contributed by atoms with E-state index < -0.39 is 0 Å². The van der Waals surface area contributed by atoms with E-state index in [1.165, 1.54) is 0 Å². The van der Waals surface area contributed by atoms with Gasteiger partial charge in [-0.25, -0.2) is 4.98 Å². The molecule has 4 nitrogen and oxygen atoms in total. The van der Waals surface area contributed by atoms with Crippen LogP contribution in [0.2, 0.25) is 0 Å². The van der Waals surface area contributed by atoms with Gasteiger partial charge >= 0.3 is 0 Å². The fourth-order valence-corrected chi connectivity index (χ4v) is 2.74. The zero-order valence-electron chi connectivity index (χ0n) is 12.6. The number of halogens is 1. The summed E-state index contributed by atoms with van der Waals surface area (Å²) < 4.78 is 1.96. The van der Waals surface area contributed by atoms with Gasteiger partial charge in [0.1, 0.15) is 11.9 Å². The van der Waals surface area contributed by atoms with Gasteiger partial charge in [0.25, 0.3) is 0 Å². The lowest BCUT2D eigenvalue weighted by Gasteiger charge is -2.18. The molecular weight excluding hydrogens is 286 g/mol. The van der Waals surface area contributed by atoms with Crippen LogP contribution in [-0.4, -0.2) is 21.5 Å². The molecule has 2 atom stereocenters. The van der Waals surface area contributed by atoms with Crippen molar-refractivity contribution in [3.8, 4) is 0 Å². The lowest BCUT2D eigenvalue weighted by molar-refractivity contribution is -0.124. The average molecular weight is 306 g/mol. The van der Waals surface area contributed by atoms with Crippen molar-refractivity contribution in [3.63, 3.8) is 0 Å². The lowest BCUT2D eigenvalue weighted by atomic mass is 10.2. The summed E-state index contributed by atoms with van der Waals surface area (Å²) in [7, 11) is 0. The van der Waals surface area contributed by atoms with Crippen LogP contribution < -0.4 is 5.32 Å². The van der Waals surface area contributed by atoms with Crippen LogP contribution in [0.5, 0.6) is 0 Å². The van der Waals surface area contributed by atoms with Crippen molar-refractivity contribution in [2.45, 2.75) is 51.1 Å². The van der Waals surface area contributed by atoms with Crippen molar-refractivity contribution in [2.24, 2.45) is 0 Å². The number of rotatable bonds is 4. The Morgan fingerprint density at radius 2 is 2.14 bits per heavy atom. The summed E-state index contributed by atoms with van der Waals surface area (Å²) in [6.07, 6.45) is 2.17. The summed E-state index contributed by atoms with van der Waals surface area (Å²) in [6, 6.07) is 6.12. The first-order valence-electron chi connectivity index (χ1n) is 7.40. The highest BCUT2D eigenvalue weighted by Crippen LogP contribution is 2.29. The number of nitrogens with one attached hydrogen (secondary N) is 1. The highest BCUT2D eigenvalue weighted by atomic mass is 35.5. The molecule has 1 aliphatic carbocycles. The normalized spacial score (nSPS) is 17.7. The van der Waals surface area contributed by atoms with Crippen molar-refractivity contribution >= 4 is 28.5 Å². The fraction of sp³-hybridized carbons (Fsp3) is 0.500. The minimum absolute atomic E-state index is 0.0379. The van der Waals surface area contributed by atoms with Crippen LogP contribution in [0.25, 0.3) is 11.0 Å². The maximum Gasteiger partial charge on any atom is 0.243 e. The summed E-state index contributed by atoms with van der Waals surface area (Å²) in [5.41, 5.74) is 3.00. The molecule has 1 heterocycles. The molecule has 1 aromatic heterocycles. The van der Waals surface area contributed by atoms with Crippen molar-refractivity contribution < 1.29 is 4.79 Å². The van der Waals surface area contributed by atoms with E-state index in [9.17, 15) is 4.79 Å². The third kappa shape index (κ3) is 2.77. The topological polar surface area (TPSA) is 46.9 Å². The summed E-state index contributed by atoms with van der Waals surface area (Å²) >= 11 is 6.27. The molecule has 1 aromatic carbocycles. The number of alkyl halides is 1. The Kier molecular flexibility index (Phi) is 3.66. The number of hydrogen-bond donors (Lipinski definition) is 1. The van der Waals surface area contributed by atoms with Crippen molar-refractivity contribution in [1.82, 2.24) is 14.9 Å². The number of carbonyl (C=O) groups is 1. The number of aryl methyl sites for hydroxylation is 1. The second-order valence-electron chi connectivity index (χ2n) is 5.91. The van der Waals surface area contributed by atoms with Gasteiger partial charge in [-0.3, -0.25) is 4.79 Å². The predicted octanol–water partition coefficient (Wildman–Crippen LogP) is 3.48. The minimum atomic E-state index is -0.311. The quantitative estimate of drug-likeness (QED) is 0.879. The van der Waals surface area contributed by atoms with Gasteiger partial charge in [0.05, 0.1) is 16.4 Å². The van der Waals surface area contributed by atoms with E-state index in [-0.39, 0.29) is 17.3 Å². The van der Waals surface area contributed by atoms with Gasteiger partial charge in [-0.2, -0.15) is 0 Å². The Labute approximate surface area is 129 Å². The highest BCUT2D eigenvalue weighted by molar-refractivity contribution is 6.20. The van der Waals surface area contributed by atoms with Gasteiger partial charge < -0.3 is 9.88 Å². The lowest BCUT2D eigenvalue weighted by Crippen LogP contribution is -2.33. The summed E-state index contributed by atoms with van der Waals surface area (Å²) in [4.78, 5) is 17.0. The standard InChI is InChI=1S/C16H20ClN3O/c1-9-4-7-14-13(8-9)19-15(10(2)17)20(14)11(3)16(21)18-12-5-6-12/h4,7-8,10-12H,5-6H2,1-3H3,(H,18,21). The Hall–Kier alpha value is -1.55. The van der Waals surface area contributed by atoms with E-state index in [2.05, 4.69) is 10.3 Å². The zero-order chi connectivity index (χ0) is 15.1. The number of amides is 1. The first-order chi connectivity index (χ1) is 9.97. The summed E-state index contributed by atoms with van der Waals surface area (Å²) in [6.45, 7) is 5.82. The monoisotopic (exact) mass is 305 g/mol. The van der Waals surface area contributed by atoms with Crippen molar-refractivity contribution in [3.05, 3.63) is 29.6 Å². The van der Waals surface area contributed by atoms with Crippen LogP contribution in [0.1, 0.15) is 49.5 Å². The van der Waals surface area contributed by atoms with E-state index >= 15 is 0 Å². The molecule has 5 heteroatoms. The molecule has 1 amide bonds. The number of nitrogens with zero attached hydrogens (tertiary/aromatic N) is 2. The SMILES string of the molecule is Cc1ccc2c(c1)nc(C(C)Cl)n2C(C)C(=O)NC1CC1. The third-order valence-electron chi connectivity index (χ3n) is 3.92. The highest BCUT2D eigenvalue weighted by Gasteiger charge is 2.28. The third-order valence-corrected chi connectivity index (χ3v) is 4.11. The van der Waals surface area contributed by atoms with Crippen LogP contribution in [0.3, 0.4) is 0 Å². The predicted molar refractivity (Wildman–Crippen MR) is 84.6 cm³/mol. The Morgan fingerprint density at radius 3 is 2.76 bits per heavy atom.